The molecule has 0 N–H and O–H groups in total. The molecule has 0 spiro atoms. The summed E-state index contributed by atoms with van der Waals surface area (Å²) in [5.74, 6) is -0.0335. The molecule has 0 aliphatic carbocycles. The first-order chi connectivity index (χ1) is 18.5. The maximum absolute atomic E-state index is 14.3. The number of nitrogens with zero attached hydrogens (tertiary/aromatic N) is 3. The molecule has 0 saturated carbocycles. The molecule has 38 heavy (non-hydrogen) atoms. The van der Waals surface area contributed by atoms with Gasteiger partial charge in [0.2, 0.25) is 0 Å². The third-order valence-electron chi connectivity index (χ3n) is 6.99. The van der Waals surface area contributed by atoms with Crippen LogP contribution in [-0.2, 0) is 13.0 Å². The molecule has 0 radical (unpaired) electrons. The predicted octanol–water partition coefficient (Wildman–Crippen LogP) is 7.35. The Hall–Kier alpha value is -4.44. The van der Waals surface area contributed by atoms with Gasteiger partial charge in [0.25, 0.3) is 5.91 Å². The van der Waals surface area contributed by atoms with E-state index in [0.717, 1.165) is 34.5 Å². The summed E-state index contributed by atoms with van der Waals surface area (Å²) in [6, 6.07) is 36.9. The maximum atomic E-state index is 14.3. The smallest absolute Gasteiger partial charge is 0.272 e. The van der Waals surface area contributed by atoms with E-state index in [-0.39, 0.29) is 5.91 Å². The third-order valence-corrected chi connectivity index (χ3v) is 6.99. The van der Waals surface area contributed by atoms with Crippen molar-refractivity contribution in [3.63, 3.8) is 0 Å². The highest BCUT2D eigenvalue weighted by Gasteiger charge is 2.23. The number of hydrogen-bond donors (Lipinski definition) is 0. The topological polar surface area (TPSA) is 38.1 Å². The first-order valence-corrected chi connectivity index (χ1v) is 13.1. The lowest BCUT2D eigenvalue weighted by Crippen LogP contribution is -2.34. The van der Waals surface area contributed by atoms with Crippen LogP contribution >= 0.6 is 0 Å². The number of amides is 1. The molecule has 5 rings (SSSR count). The molecule has 4 nitrogen and oxygen atoms in total. The molecule has 1 aromatic heterocycles. The Morgan fingerprint density at radius 1 is 0.737 bits per heavy atom. The van der Waals surface area contributed by atoms with Crippen molar-refractivity contribution in [3.8, 4) is 16.9 Å². The Bertz CT molecular complexity index is 1540. The van der Waals surface area contributed by atoms with Gasteiger partial charge in [-0.15, -0.1) is 0 Å². The molecule has 0 fully saturated rings. The lowest BCUT2D eigenvalue weighted by atomic mass is 10.0. The van der Waals surface area contributed by atoms with Crippen LogP contribution in [0.4, 0.5) is 0 Å². The molecule has 0 unspecified atom stereocenters. The average Bonchev–Trinajstić information content (AvgIpc) is 3.39. The standard InChI is InChI=1S/C34H33N3O/c1-25-11-10-16-31(21-25)37-33(23-32(35-37)30-18-17-26(2)27(3)22-30)34(38)36(24-29-14-8-5-9-15-29)20-19-28-12-6-4-7-13-28/h4-18,21-23H,19-20,24H2,1-3H3. The molecule has 1 heterocycles. The third kappa shape index (κ3) is 5.76. The number of hydrogen-bond acceptors (Lipinski definition) is 2. The fourth-order valence-corrected chi connectivity index (χ4v) is 4.66. The summed E-state index contributed by atoms with van der Waals surface area (Å²) >= 11 is 0. The van der Waals surface area contributed by atoms with Gasteiger partial charge in [0.1, 0.15) is 5.69 Å². The van der Waals surface area contributed by atoms with Gasteiger partial charge in [0.15, 0.2) is 0 Å². The first kappa shape index (κ1) is 25.2. The molecule has 0 aliphatic rings. The summed E-state index contributed by atoms with van der Waals surface area (Å²) in [5, 5.41) is 4.96. The zero-order chi connectivity index (χ0) is 26.5. The molecule has 4 aromatic carbocycles. The van der Waals surface area contributed by atoms with Gasteiger partial charge in [-0.25, -0.2) is 4.68 Å². The number of rotatable bonds is 8. The molecule has 0 aliphatic heterocycles. The maximum Gasteiger partial charge on any atom is 0.272 e. The lowest BCUT2D eigenvalue weighted by Gasteiger charge is -2.23. The second kappa shape index (κ2) is 11.3. The fraction of sp³-hybridized carbons (Fsp3) is 0.176. The Kier molecular flexibility index (Phi) is 7.50. The quantitative estimate of drug-likeness (QED) is 0.224. The second-order valence-electron chi connectivity index (χ2n) is 9.91. The molecule has 190 valence electrons. The zero-order valence-electron chi connectivity index (χ0n) is 22.3. The molecule has 0 bridgehead atoms. The normalized spacial score (nSPS) is 10.9. The first-order valence-electron chi connectivity index (χ1n) is 13.1. The number of carbonyl (C=O) groups excluding carboxylic acids is 1. The Labute approximate surface area is 225 Å². The van der Waals surface area contributed by atoms with E-state index in [1.807, 2.05) is 59.5 Å². The van der Waals surface area contributed by atoms with Gasteiger partial charge in [-0.1, -0.05) is 84.9 Å². The van der Waals surface area contributed by atoms with E-state index in [1.165, 1.54) is 16.7 Å². The van der Waals surface area contributed by atoms with Crippen LogP contribution in [-0.4, -0.2) is 27.1 Å². The summed E-state index contributed by atoms with van der Waals surface area (Å²) in [6.07, 6.45) is 0.780. The monoisotopic (exact) mass is 499 g/mol. The summed E-state index contributed by atoms with van der Waals surface area (Å²) in [5.41, 5.74) is 9.11. The number of carbonyl (C=O) groups is 1. The summed E-state index contributed by atoms with van der Waals surface area (Å²) in [6.45, 7) is 7.40. The van der Waals surface area contributed by atoms with Crippen molar-refractivity contribution in [1.82, 2.24) is 14.7 Å². The number of aryl methyl sites for hydroxylation is 3. The highest BCUT2D eigenvalue weighted by atomic mass is 16.2. The van der Waals surface area contributed by atoms with E-state index < -0.39 is 0 Å². The van der Waals surface area contributed by atoms with Crippen LogP contribution in [0, 0.1) is 20.8 Å². The highest BCUT2D eigenvalue weighted by molar-refractivity contribution is 5.94. The highest BCUT2D eigenvalue weighted by Crippen LogP contribution is 2.26. The summed E-state index contributed by atoms with van der Waals surface area (Å²) in [7, 11) is 0. The van der Waals surface area contributed by atoms with Crippen molar-refractivity contribution in [1.29, 1.82) is 0 Å². The predicted molar refractivity (Wildman–Crippen MR) is 155 cm³/mol. The second-order valence-corrected chi connectivity index (χ2v) is 9.91. The lowest BCUT2D eigenvalue weighted by molar-refractivity contribution is 0.0736. The van der Waals surface area contributed by atoms with Crippen molar-refractivity contribution in [3.05, 3.63) is 143 Å². The minimum Gasteiger partial charge on any atom is -0.333 e. The Morgan fingerprint density at radius 2 is 1.45 bits per heavy atom. The van der Waals surface area contributed by atoms with Gasteiger partial charge >= 0.3 is 0 Å². The molecule has 4 heteroatoms. The van der Waals surface area contributed by atoms with E-state index in [2.05, 4.69) is 75.4 Å². The van der Waals surface area contributed by atoms with E-state index in [9.17, 15) is 4.79 Å². The number of aromatic nitrogens is 2. The molecule has 5 aromatic rings. The van der Waals surface area contributed by atoms with Gasteiger partial charge in [-0.2, -0.15) is 5.10 Å². The van der Waals surface area contributed by atoms with Gasteiger partial charge in [-0.3, -0.25) is 4.79 Å². The van der Waals surface area contributed by atoms with Crippen molar-refractivity contribution in [2.24, 2.45) is 0 Å². The molecule has 0 saturated heterocycles. The molecular weight excluding hydrogens is 466 g/mol. The summed E-state index contributed by atoms with van der Waals surface area (Å²) in [4.78, 5) is 16.2. The Morgan fingerprint density at radius 3 is 2.13 bits per heavy atom. The van der Waals surface area contributed by atoms with Crippen molar-refractivity contribution < 1.29 is 4.79 Å². The van der Waals surface area contributed by atoms with Crippen LogP contribution in [0.1, 0.15) is 38.3 Å². The average molecular weight is 500 g/mol. The van der Waals surface area contributed by atoms with Crippen LogP contribution < -0.4 is 0 Å². The number of benzene rings is 4. The van der Waals surface area contributed by atoms with Crippen LogP contribution in [0.3, 0.4) is 0 Å². The Balaban J connectivity index is 1.56. The van der Waals surface area contributed by atoms with Gasteiger partial charge in [0, 0.05) is 18.7 Å². The largest absolute Gasteiger partial charge is 0.333 e. The van der Waals surface area contributed by atoms with Crippen LogP contribution in [0.5, 0.6) is 0 Å². The summed E-state index contributed by atoms with van der Waals surface area (Å²) < 4.78 is 1.81. The van der Waals surface area contributed by atoms with E-state index in [0.29, 0.717) is 18.8 Å². The van der Waals surface area contributed by atoms with E-state index in [1.54, 1.807) is 4.68 Å². The van der Waals surface area contributed by atoms with Gasteiger partial charge in [0.05, 0.1) is 11.4 Å². The van der Waals surface area contributed by atoms with Crippen LogP contribution in [0.15, 0.2) is 109 Å². The molecular formula is C34H33N3O. The van der Waals surface area contributed by atoms with Crippen LogP contribution in [0.2, 0.25) is 0 Å². The zero-order valence-corrected chi connectivity index (χ0v) is 22.3. The van der Waals surface area contributed by atoms with E-state index in [4.69, 9.17) is 5.10 Å². The minimum atomic E-state index is -0.0335. The van der Waals surface area contributed by atoms with Crippen molar-refractivity contribution >= 4 is 5.91 Å². The van der Waals surface area contributed by atoms with Crippen molar-refractivity contribution in [2.45, 2.75) is 33.7 Å². The molecule has 0 atom stereocenters. The van der Waals surface area contributed by atoms with E-state index >= 15 is 0 Å². The fourth-order valence-electron chi connectivity index (χ4n) is 4.66. The van der Waals surface area contributed by atoms with Gasteiger partial charge in [-0.05, 0) is 79.3 Å². The van der Waals surface area contributed by atoms with Crippen molar-refractivity contribution in [2.75, 3.05) is 6.54 Å². The van der Waals surface area contributed by atoms with Crippen LogP contribution in [0.25, 0.3) is 16.9 Å². The SMILES string of the molecule is Cc1cccc(-n2nc(-c3ccc(C)c(C)c3)cc2C(=O)N(CCc2ccccc2)Cc2ccccc2)c1. The minimum absolute atomic E-state index is 0.0335. The molecule has 1 amide bonds. The van der Waals surface area contributed by atoms with Gasteiger partial charge < -0.3 is 4.90 Å².